The van der Waals surface area contributed by atoms with Crippen molar-refractivity contribution in [3.63, 3.8) is 0 Å². The lowest BCUT2D eigenvalue weighted by Gasteiger charge is -2.33. The average Bonchev–Trinajstić information content (AvgIpc) is 2.62. The van der Waals surface area contributed by atoms with E-state index in [1.54, 1.807) is 0 Å². The number of nitrogen functional groups attached to an aromatic ring is 1. The van der Waals surface area contributed by atoms with Crippen LogP contribution in [-0.4, -0.2) is 34.9 Å². The number of para-hydroxylation sites is 2. The second kappa shape index (κ2) is 7.16. The number of amides is 2. The van der Waals surface area contributed by atoms with Crippen LogP contribution in [0.5, 0.6) is 0 Å². The first kappa shape index (κ1) is 16.7. The molecule has 1 aromatic carbocycles. The summed E-state index contributed by atoms with van der Waals surface area (Å²) in [5.74, 6) is -0.665. The smallest absolute Gasteiger partial charge is 0.278 e. The summed E-state index contributed by atoms with van der Waals surface area (Å²) in [5, 5.41) is 2.84. The third-order valence-electron chi connectivity index (χ3n) is 4.33. The summed E-state index contributed by atoms with van der Waals surface area (Å²) in [6.45, 7) is 1.40. The molecule has 0 spiro atoms. The molecule has 1 fully saturated rings. The Kier molecular flexibility index (Phi) is 4.78. The predicted octanol–water partition coefficient (Wildman–Crippen LogP) is 1.01. The van der Waals surface area contributed by atoms with Crippen LogP contribution in [0.4, 0.5) is 17.2 Å². The lowest BCUT2D eigenvalue weighted by atomic mass is 9.96. The Morgan fingerprint density at radius 2 is 1.80 bits per heavy atom. The first-order valence-corrected chi connectivity index (χ1v) is 8.07. The molecule has 25 heavy (non-hydrogen) atoms. The molecule has 1 aliphatic rings. The van der Waals surface area contributed by atoms with Crippen LogP contribution in [0.1, 0.15) is 23.3 Å². The minimum absolute atomic E-state index is 0.0831. The number of nitrogens with two attached hydrogens (primary N) is 2. The maximum Gasteiger partial charge on any atom is 0.278 e. The van der Waals surface area contributed by atoms with Gasteiger partial charge >= 0.3 is 0 Å². The van der Waals surface area contributed by atoms with Crippen molar-refractivity contribution < 1.29 is 9.59 Å². The lowest BCUT2D eigenvalue weighted by Crippen LogP contribution is -2.38. The number of aromatic nitrogens is 2. The molecule has 0 aliphatic carbocycles. The van der Waals surface area contributed by atoms with E-state index in [0.717, 1.165) is 5.69 Å². The van der Waals surface area contributed by atoms with Crippen molar-refractivity contribution in [1.29, 1.82) is 0 Å². The number of primary amides is 1. The van der Waals surface area contributed by atoms with Gasteiger partial charge < -0.3 is 21.7 Å². The summed E-state index contributed by atoms with van der Waals surface area (Å²) in [4.78, 5) is 33.8. The summed E-state index contributed by atoms with van der Waals surface area (Å²) in [6.07, 6.45) is 4.26. The van der Waals surface area contributed by atoms with Crippen LogP contribution < -0.4 is 21.7 Å². The van der Waals surface area contributed by atoms with Gasteiger partial charge in [0.2, 0.25) is 5.91 Å². The van der Waals surface area contributed by atoms with Gasteiger partial charge in [-0.1, -0.05) is 12.1 Å². The van der Waals surface area contributed by atoms with E-state index in [2.05, 4.69) is 20.2 Å². The first-order valence-electron chi connectivity index (χ1n) is 8.07. The fourth-order valence-corrected chi connectivity index (χ4v) is 2.97. The van der Waals surface area contributed by atoms with Crippen LogP contribution in [0.3, 0.4) is 0 Å². The lowest BCUT2D eigenvalue weighted by molar-refractivity contribution is -0.122. The Bertz CT molecular complexity index is 786. The van der Waals surface area contributed by atoms with Crippen LogP contribution in [0.25, 0.3) is 0 Å². The third-order valence-corrected chi connectivity index (χ3v) is 4.33. The molecule has 2 heterocycles. The van der Waals surface area contributed by atoms with Crippen molar-refractivity contribution in [2.45, 2.75) is 12.8 Å². The zero-order valence-electron chi connectivity index (χ0n) is 13.7. The molecule has 8 nitrogen and oxygen atoms in total. The quantitative estimate of drug-likeness (QED) is 0.762. The number of nitrogens with one attached hydrogen (secondary N) is 1. The van der Waals surface area contributed by atoms with Crippen molar-refractivity contribution >= 4 is 29.0 Å². The molecule has 0 unspecified atom stereocenters. The van der Waals surface area contributed by atoms with Crippen LogP contribution in [0.2, 0.25) is 0 Å². The normalized spacial score (nSPS) is 15.0. The SMILES string of the molecule is NC(=O)C1CCN(c2ccccc2NC(=O)c2nccnc2N)CC1. The number of carbonyl (C=O) groups excluding carboxylic acids is 2. The Morgan fingerprint density at radius 1 is 1.12 bits per heavy atom. The maximum atomic E-state index is 12.4. The molecule has 0 bridgehead atoms. The standard InChI is InChI=1S/C17H20N6O2/c18-15-14(20-7-8-21-15)17(25)22-12-3-1-2-4-13(12)23-9-5-11(6-10-23)16(19)24/h1-4,7-8,11H,5-6,9-10H2,(H2,18,21)(H2,19,24)(H,22,25). The summed E-state index contributed by atoms with van der Waals surface area (Å²) in [6, 6.07) is 7.50. The van der Waals surface area contributed by atoms with Crippen molar-refractivity contribution in [3.05, 3.63) is 42.4 Å². The highest BCUT2D eigenvalue weighted by Gasteiger charge is 2.25. The molecule has 0 saturated carbocycles. The maximum absolute atomic E-state index is 12.4. The van der Waals surface area contributed by atoms with Gasteiger partial charge in [0, 0.05) is 31.4 Å². The molecule has 130 valence electrons. The van der Waals surface area contributed by atoms with Gasteiger partial charge in [-0.15, -0.1) is 0 Å². The Morgan fingerprint density at radius 3 is 2.48 bits per heavy atom. The number of hydrogen-bond acceptors (Lipinski definition) is 6. The summed E-state index contributed by atoms with van der Waals surface area (Å²) >= 11 is 0. The highest BCUT2D eigenvalue weighted by Crippen LogP contribution is 2.30. The van der Waals surface area contributed by atoms with Crippen molar-refractivity contribution in [3.8, 4) is 0 Å². The van der Waals surface area contributed by atoms with E-state index in [4.69, 9.17) is 11.5 Å². The van der Waals surface area contributed by atoms with Crippen molar-refractivity contribution in [2.24, 2.45) is 11.7 Å². The van der Waals surface area contributed by atoms with E-state index in [-0.39, 0.29) is 23.3 Å². The second-order valence-electron chi connectivity index (χ2n) is 5.93. The summed E-state index contributed by atoms with van der Waals surface area (Å²) in [7, 11) is 0. The van der Waals surface area contributed by atoms with Gasteiger partial charge in [-0.05, 0) is 25.0 Å². The largest absolute Gasteiger partial charge is 0.382 e. The highest BCUT2D eigenvalue weighted by atomic mass is 16.2. The van der Waals surface area contributed by atoms with Gasteiger partial charge in [-0.2, -0.15) is 0 Å². The number of piperidine rings is 1. The van der Waals surface area contributed by atoms with Crippen LogP contribution in [0, 0.1) is 5.92 Å². The number of anilines is 3. The molecule has 2 amide bonds. The molecular formula is C17H20N6O2. The second-order valence-corrected chi connectivity index (χ2v) is 5.93. The molecule has 0 radical (unpaired) electrons. The number of nitrogens with zero attached hydrogens (tertiary/aromatic N) is 3. The van der Waals surface area contributed by atoms with E-state index in [1.807, 2.05) is 24.3 Å². The topological polar surface area (TPSA) is 127 Å². The molecule has 5 N–H and O–H groups in total. The molecule has 1 aliphatic heterocycles. The Hall–Kier alpha value is -3.16. The third kappa shape index (κ3) is 3.68. The number of benzene rings is 1. The molecular weight excluding hydrogens is 320 g/mol. The molecule has 2 aromatic rings. The van der Waals surface area contributed by atoms with E-state index in [9.17, 15) is 9.59 Å². The van der Waals surface area contributed by atoms with Gasteiger partial charge in [0.15, 0.2) is 11.5 Å². The minimum Gasteiger partial charge on any atom is -0.382 e. The van der Waals surface area contributed by atoms with Gasteiger partial charge in [0.25, 0.3) is 5.91 Å². The zero-order chi connectivity index (χ0) is 17.8. The Labute approximate surface area is 145 Å². The average molecular weight is 340 g/mol. The minimum atomic E-state index is -0.412. The highest BCUT2D eigenvalue weighted by molar-refractivity contribution is 6.07. The van der Waals surface area contributed by atoms with E-state index in [1.165, 1.54) is 12.4 Å². The molecule has 8 heteroatoms. The first-order chi connectivity index (χ1) is 12.1. The van der Waals surface area contributed by atoms with Crippen LogP contribution in [-0.2, 0) is 4.79 Å². The summed E-state index contributed by atoms with van der Waals surface area (Å²) in [5.41, 5.74) is 12.7. The number of rotatable bonds is 4. The Balaban J connectivity index is 1.77. The molecule has 1 saturated heterocycles. The number of hydrogen-bond donors (Lipinski definition) is 3. The van der Waals surface area contributed by atoms with E-state index < -0.39 is 5.91 Å². The van der Waals surface area contributed by atoms with Gasteiger partial charge in [0.05, 0.1) is 11.4 Å². The van der Waals surface area contributed by atoms with E-state index in [0.29, 0.717) is 31.6 Å². The molecule has 3 rings (SSSR count). The van der Waals surface area contributed by atoms with Crippen molar-refractivity contribution in [2.75, 3.05) is 29.0 Å². The predicted molar refractivity (Wildman–Crippen MR) is 95.0 cm³/mol. The van der Waals surface area contributed by atoms with Gasteiger partial charge in [0.1, 0.15) is 0 Å². The van der Waals surface area contributed by atoms with Crippen LogP contribution in [0.15, 0.2) is 36.7 Å². The van der Waals surface area contributed by atoms with Gasteiger partial charge in [-0.3, -0.25) is 9.59 Å². The van der Waals surface area contributed by atoms with Crippen LogP contribution >= 0.6 is 0 Å². The zero-order valence-corrected chi connectivity index (χ0v) is 13.7. The fourth-order valence-electron chi connectivity index (χ4n) is 2.97. The molecule has 1 aromatic heterocycles. The van der Waals surface area contributed by atoms with Crippen molar-refractivity contribution in [1.82, 2.24) is 9.97 Å². The number of carbonyl (C=O) groups is 2. The monoisotopic (exact) mass is 340 g/mol. The van der Waals surface area contributed by atoms with E-state index >= 15 is 0 Å². The summed E-state index contributed by atoms with van der Waals surface area (Å²) < 4.78 is 0. The fraction of sp³-hybridized carbons (Fsp3) is 0.294. The van der Waals surface area contributed by atoms with Gasteiger partial charge in [-0.25, -0.2) is 9.97 Å². The molecule has 0 atom stereocenters.